The first-order chi connectivity index (χ1) is 8.08. The standard InChI is InChI=1S/C12H14N4O/c1-8(2)12-14-9(13)7-10(15-12)16-6-4-3-5-11(16)17/h3-8H,1-2H3,(H2,13,14,15). The summed E-state index contributed by atoms with van der Waals surface area (Å²) in [6, 6.07) is 6.53. The van der Waals surface area contributed by atoms with Gasteiger partial charge >= 0.3 is 0 Å². The van der Waals surface area contributed by atoms with E-state index in [2.05, 4.69) is 9.97 Å². The molecule has 2 aromatic heterocycles. The van der Waals surface area contributed by atoms with E-state index >= 15 is 0 Å². The third kappa shape index (κ3) is 2.33. The zero-order chi connectivity index (χ0) is 12.4. The second-order valence-corrected chi connectivity index (χ2v) is 4.07. The van der Waals surface area contributed by atoms with E-state index in [-0.39, 0.29) is 11.5 Å². The maximum atomic E-state index is 11.7. The number of nitrogens with two attached hydrogens (primary N) is 1. The highest BCUT2D eigenvalue weighted by Crippen LogP contribution is 2.13. The van der Waals surface area contributed by atoms with Crippen LogP contribution in [0.4, 0.5) is 5.82 Å². The largest absolute Gasteiger partial charge is 0.384 e. The van der Waals surface area contributed by atoms with E-state index in [0.717, 1.165) is 0 Å². The Kier molecular flexibility index (Phi) is 2.91. The van der Waals surface area contributed by atoms with Gasteiger partial charge in [-0.2, -0.15) is 0 Å². The lowest BCUT2D eigenvalue weighted by atomic mass is 10.2. The number of rotatable bonds is 2. The highest BCUT2D eigenvalue weighted by atomic mass is 16.1. The summed E-state index contributed by atoms with van der Waals surface area (Å²) in [5.41, 5.74) is 5.58. The van der Waals surface area contributed by atoms with Gasteiger partial charge in [0.1, 0.15) is 17.5 Å². The number of anilines is 1. The van der Waals surface area contributed by atoms with Gasteiger partial charge in [-0.25, -0.2) is 9.97 Å². The summed E-state index contributed by atoms with van der Waals surface area (Å²) in [6.45, 7) is 3.96. The number of aromatic nitrogens is 3. The number of nitrogens with zero attached hydrogens (tertiary/aromatic N) is 3. The van der Waals surface area contributed by atoms with Gasteiger partial charge in [0.25, 0.3) is 5.56 Å². The van der Waals surface area contributed by atoms with E-state index in [4.69, 9.17) is 5.73 Å². The smallest absolute Gasteiger partial charge is 0.256 e. The van der Waals surface area contributed by atoms with Gasteiger partial charge in [-0.15, -0.1) is 0 Å². The number of hydrogen-bond acceptors (Lipinski definition) is 4. The topological polar surface area (TPSA) is 73.8 Å². The Labute approximate surface area is 99.0 Å². The molecule has 2 aromatic rings. The molecule has 17 heavy (non-hydrogen) atoms. The molecule has 2 rings (SSSR count). The minimum atomic E-state index is -0.139. The van der Waals surface area contributed by atoms with E-state index < -0.39 is 0 Å². The molecule has 0 aliphatic rings. The molecule has 0 aromatic carbocycles. The van der Waals surface area contributed by atoms with Crippen LogP contribution in [-0.4, -0.2) is 14.5 Å². The summed E-state index contributed by atoms with van der Waals surface area (Å²) in [7, 11) is 0. The summed E-state index contributed by atoms with van der Waals surface area (Å²) in [6.07, 6.45) is 1.66. The van der Waals surface area contributed by atoms with Crippen molar-refractivity contribution >= 4 is 5.82 Å². The molecule has 0 aliphatic heterocycles. The van der Waals surface area contributed by atoms with Crippen LogP contribution >= 0.6 is 0 Å². The monoisotopic (exact) mass is 230 g/mol. The molecule has 0 bridgehead atoms. The Hall–Kier alpha value is -2.17. The molecule has 2 heterocycles. The fourth-order valence-corrected chi connectivity index (χ4v) is 1.47. The number of pyridine rings is 1. The summed E-state index contributed by atoms with van der Waals surface area (Å²) in [5.74, 6) is 1.67. The van der Waals surface area contributed by atoms with Crippen molar-refractivity contribution in [3.8, 4) is 5.82 Å². The fraction of sp³-hybridized carbons (Fsp3) is 0.250. The fourth-order valence-electron chi connectivity index (χ4n) is 1.47. The first-order valence-corrected chi connectivity index (χ1v) is 5.40. The Bertz CT molecular complexity index is 589. The SMILES string of the molecule is CC(C)c1nc(N)cc(-n2ccccc2=O)n1. The molecule has 0 spiro atoms. The van der Waals surface area contributed by atoms with E-state index in [0.29, 0.717) is 17.5 Å². The lowest BCUT2D eigenvalue weighted by molar-refractivity contribution is 0.761. The Balaban J connectivity index is 2.60. The second kappa shape index (κ2) is 4.37. The van der Waals surface area contributed by atoms with Crippen molar-refractivity contribution in [2.45, 2.75) is 19.8 Å². The van der Waals surface area contributed by atoms with Crippen LogP contribution in [0.25, 0.3) is 5.82 Å². The average Bonchev–Trinajstić information content (AvgIpc) is 2.28. The number of nitrogen functional groups attached to an aromatic ring is 1. The van der Waals surface area contributed by atoms with Crippen LogP contribution in [0.2, 0.25) is 0 Å². The summed E-state index contributed by atoms with van der Waals surface area (Å²) < 4.78 is 1.45. The van der Waals surface area contributed by atoms with E-state index in [1.165, 1.54) is 10.6 Å². The van der Waals surface area contributed by atoms with Crippen LogP contribution in [-0.2, 0) is 0 Å². The van der Waals surface area contributed by atoms with Gasteiger partial charge in [0.2, 0.25) is 0 Å². The molecular formula is C12H14N4O. The summed E-state index contributed by atoms with van der Waals surface area (Å²) in [4.78, 5) is 20.1. The third-order valence-electron chi connectivity index (χ3n) is 2.34. The molecule has 0 unspecified atom stereocenters. The minimum Gasteiger partial charge on any atom is -0.384 e. The molecule has 0 saturated carbocycles. The summed E-state index contributed by atoms with van der Waals surface area (Å²) >= 11 is 0. The molecule has 5 heteroatoms. The van der Waals surface area contributed by atoms with E-state index in [1.807, 2.05) is 13.8 Å². The quantitative estimate of drug-likeness (QED) is 0.844. The van der Waals surface area contributed by atoms with E-state index in [9.17, 15) is 4.79 Å². The molecular weight excluding hydrogens is 216 g/mol. The first kappa shape index (κ1) is 11.3. The molecule has 5 nitrogen and oxygen atoms in total. The molecule has 0 amide bonds. The van der Waals surface area contributed by atoms with Crippen molar-refractivity contribution < 1.29 is 0 Å². The highest BCUT2D eigenvalue weighted by Gasteiger charge is 2.08. The van der Waals surface area contributed by atoms with Crippen LogP contribution in [0, 0.1) is 0 Å². The normalized spacial score (nSPS) is 10.8. The highest BCUT2D eigenvalue weighted by molar-refractivity contribution is 5.38. The molecule has 0 fully saturated rings. The Morgan fingerprint density at radius 1 is 1.29 bits per heavy atom. The maximum Gasteiger partial charge on any atom is 0.256 e. The van der Waals surface area contributed by atoms with Gasteiger partial charge in [-0.05, 0) is 6.07 Å². The lowest BCUT2D eigenvalue weighted by Crippen LogP contribution is -2.18. The summed E-state index contributed by atoms with van der Waals surface area (Å²) in [5, 5.41) is 0. The maximum absolute atomic E-state index is 11.7. The predicted octanol–water partition coefficient (Wildman–Crippen LogP) is 1.33. The lowest BCUT2D eigenvalue weighted by Gasteiger charge is -2.09. The van der Waals surface area contributed by atoms with Crippen molar-refractivity contribution in [1.82, 2.24) is 14.5 Å². The number of hydrogen-bond donors (Lipinski definition) is 1. The van der Waals surface area contributed by atoms with Crippen molar-refractivity contribution in [3.05, 3.63) is 46.6 Å². The Morgan fingerprint density at radius 3 is 2.71 bits per heavy atom. The molecule has 0 radical (unpaired) electrons. The van der Waals surface area contributed by atoms with Crippen LogP contribution in [0.3, 0.4) is 0 Å². The molecule has 0 saturated heterocycles. The van der Waals surface area contributed by atoms with Gasteiger partial charge in [0.15, 0.2) is 0 Å². The molecule has 88 valence electrons. The molecule has 0 atom stereocenters. The van der Waals surface area contributed by atoms with Crippen LogP contribution in [0.1, 0.15) is 25.6 Å². The average molecular weight is 230 g/mol. The van der Waals surface area contributed by atoms with Gasteiger partial charge in [0.05, 0.1) is 0 Å². The van der Waals surface area contributed by atoms with Crippen molar-refractivity contribution in [3.63, 3.8) is 0 Å². The molecule has 0 aliphatic carbocycles. The van der Waals surface area contributed by atoms with Crippen LogP contribution in [0.5, 0.6) is 0 Å². The zero-order valence-corrected chi connectivity index (χ0v) is 9.79. The van der Waals surface area contributed by atoms with Crippen molar-refractivity contribution in [2.75, 3.05) is 5.73 Å². The van der Waals surface area contributed by atoms with Gasteiger partial charge in [-0.1, -0.05) is 19.9 Å². The third-order valence-corrected chi connectivity index (χ3v) is 2.34. The van der Waals surface area contributed by atoms with Gasteiger partial charge in [-0.3, -0.25) is 9.36 Å². The minimum absolute atomic E-state index is 0.139. The van der Waals surface area contributed by atoms with Gasteiger partial charge in [0, 0.05) is 24.2 Å². The van der Waals surface area contributed by atoms with E-state index in [1.54, 1.807) is 24.4 Å². The van der Waals surface area contributed by atoms with Crippen LogP contribution in [0.15, 0.2) is 35.3 Å². The van der Waals surface area contributed by atoms with Crippen LogP contribution < -0.4 is 11.3 Å². The van der Waals surface area contributed by atoms with Crippen molar-refractivity contribution in [1.29, 1.82) is 0 Å². The van der Waals surface area contributed by atoms with Crippen molar-refractivity contribution in [2.24, 2.45) is 0 Å². The zero-order valence-electron chi connectivity index (χ0n) is 9.79. The molecule has 2 N–H and O–H groups in total. The Morgan fingerprint density at radius 2 is 2.06 bits per heavy atom. The second-order valence-electron chi connectivity index (χ2n) is 4.07. The first-order valence-electron chi connectivity index (χ1n) is 5.40. The van der Waals surface area contributed by atoms with Gasteiger partial charge < -0.3 is 5.73 Å². The predicted molar refractivity (Wildman–Crippen MR) is 66.1 cm³/mol.